The Kier molecular flexibility index (Phi) is 6.49. The standard InChI is InChI=1S/C27H25N7OS/c1-17-24(15-31-34(17)23-9-7-22(8-10-23)32-18(2)35)20-11-26(27-21(13-29)14-30-33(27)16-20)36-25-6-4-3-5-19(25)12-28/h3-6,11,14-16,22-23H,7-10H2,1-2H3,(H,32,35). The number of carbonyl (C=O) groups excluding carboxylic acids is 1. The summed E-state index contributed by atoms with van der Waals surface area (Å²) in [5, 5.41) is 31.4. The van der Waals surface area contributed by atoms with E-state index in [9.17, 15) is 15.3 Å². The fourth-order valence-electron chi connectivity index (χ4n) is 4.98. The van der Waals surface area contributed by atoms with Crippen molar-refractivity contribution in [3.8, 4) is 23.3 Å². The first-order valence-electron chi connectivity index (χ1n) is 11.9. The molecule has 180 valence electrons. The molecule has 0 bridgehead atoms. The van der Waals surface area contributed by atoms with Crippen molar-refractivity contribution in [2.45, 2.75) is 61.4 Å². The molecule has 3 heterocycles. The predicted molar refractivity (Wildman–Crippen MR) is 136 cm³/mol. The summed E-state index contributed by atoms with van der Waals surface area (Å²) < 4.78 is 3.84. The SMILES string of the molecule is CC(=O)NC1CCC(n2ncc(-c3cc(Sc4ccccc4C#N)c4c(C#N)cnn4c3)c2C)CC1. The molecule has 5 rings (SSSR count). The molecule has 1 amide bonds. The number of fused-ring (bicyclic) bond motifs is 1. The van der Waals surface area contributed by atoms with Crippen LogP contribution in [0.15, 0.2) is 58.7 Å². The predicted octanol–water partition coefficient (Wildman–Crippen LogP) is 5.02. The zero-order valence-corrected chi connectivity index (χ0v) is 20.9. The molecule has 0 saturated heterocycles. The van der Waals surface area contributed by atoms with Crippen molar-refractivity contribution in [3.05, 3.63) is 65.7 Å². The Hall–Kier alpha value is -4.08. The minimum atomic E-state index is 0.0237. The molecule has 1 N–H and O–H groups in total. The smallest absolute Gasteiger partial charge is 0.217 e. The van der Waals surface area contributed by atoms with Crippen molar-refractivity contribution in [3.63, 3.8) is 0 Å². The van der Waals surface area contributed by atoms with Crippen LogP contribution >= 0.6 is 11.8 Å². The van der Waals surface area contributed by atoms with E-state index in [1.807, 2.05) is 30.6 Å². The van der Waals surface area contributed by atoms with Gasteiger partial charge in [-0.15, -0.1) is 0 Å². The van der Waals surface area contributed by atoms with Gasteiger partial charge in [-0.25, -0.2) is 4.52 Å². The van der Waals surface area contributed by atoms with Gasteiger partial charge in [0.15, 0.2) is 0 Å². The van der Waals surface area contributed by atoms with Gasteiger partial charge in [0, 0.05) is 45.8 Å². The molecule has 3 aromatic heterocycles. The lowest BCUT2D eigenvalue weighted by molar-refractivity contribution is -0.119. The highest BCUT2D eigenvalue weighted by Crippen LogP contribution is 2.38. The lowest BCUT2D eigenvalue weighted by Gasteiger charge is -2.29. The summed E-state index contributed by atoms with van der Waals surface area (Å²) in [5.41, 5.74) is 4.82. The van der Waals surface area contributed by atoms with Crippen molar-refractivity contribution in [1.29, 1.82) is 10.5 Å². The van der Waals surface area contributed by atoms with E-state index in [1.54, 1.807) is 23.7 Å². The number of nitrogens with one attached hydrogen (secondary N) is 1. The van der Waals surface area contributed by atoms with Crippen molar-refractivity contribution in [2.75, 3.05) is 0 Å². The maximum Gasteiger partial charge on any atom is 0.217 e. The van der Waals surface area contributed by atoms with Crippen LogP contribution < -0.4 is 5.32 Å². The first kappa shape index (κ1) is 23.7. The average Bonchev–Trinajstić information content (AvgIpc) is 3.48. The van der Waals surface area contributed by atoms with Crippen LogP contribution in [0.1, 0.15) is 55.5 Å². The van der Waals surface area contributed by atoms with Gasteiger partial charge in [0.25, 0.3) is 0 Å². The summed E-state index contributed by atoms with van der Waals surface area (Å²) in [5.74, 6) is 0.0237. The summed E-state index contributed by atoms with van der Waals surface area (Å²) >= 11 is 1.46. The lowest BCUT2D eigenvalue weighted by atomic mass is 9.91. The molecule has 9 heteroatoms. The van der Waals surface area contributed by atoms with Crippen molar-refractivity contribution in [2.24, 2.45) is 0 Å². The molecular formula is C27H25N7OS. The number of nitriles is 2. The van der Waals surface area contributed by atoms with Crippen LogP contribution in [0.25, 0.3) is 16.6 Å². The molecule has 36 heavy (non-hydrogen) atoms. The van der Waals surface area contributed by atoms with E-state index in [0.29, 0.717) is 17.2 Å². The van der Waals surface area contributed by atoms with E-state index >= 15 is 0 Å². The van der Waals surface area contributed by atoms with E-state index < -0.39 is 0 Å². The van der Waals surface area contributed by atoms with Gasteiger partial charge < -0.3 is 5.32 Å². The largest absolute Gasteiger partial charge is 0.354 e. The van der Waals surface area contributed by atoms with Crippen LogP contribution in [0, 0.1) is 29.6 Å². The van der Waals surface area contributed by atoms with Gasteiger partial charge in [0.05, 0.1) is 35.1 Å². The highest BCUT2D eigenvalue weighted by Gasteiger charge is 2.25. The number of benzene rings is 1. The second kappa shape index (κ2) is 9.88. The summed E-state index contributed by atoms with van der Waals surface area (Å²) in [6.45, 7) is 3.64. The molecule has 4 aromatic rings. The summed E-state index contributed by atoms with van der Waals surface area (Å²) in [6, 6.07) is 14.5. The van der Waals surface area contributed by atoms with Crippen LogP contribution in [0.2, 0.25) is 0 Å². The summed E-state index contributed by atoms with van der Waals surface area (Å²) in [4.78, 5) is 13.1. The highest BCUT2D eigenvalue weighted by molar-refractivity contribution is 7.99. The number of carbonyl (C=O) groups is 1. The average molecular weight is 496 g/mol. The third-order valence-corrected chi connectivity index (χ3v) is 7.84. The van der Waals surface area contributed by atoms with Gasteiger partial charge in [-0.05, 0) is 50.8 Å². The quantitative estimate of drug-likeness (QED) is 0.416. The molecule has 0 radical (unpaired) electrons. The normalized spacial score (nSPS) is 17.4. The minimum absolute atomic E-state index is 0.0237. The zero-order chi connectivity index (χ0) is 25.2. The van der Waals surface area contributed by atoms with E-state index in [0.717, 1.165) is 57.8 Å². The number of hydrogen-bond acceptors (Lipinski definition) is 6. The number of amides is 1. The lowest BCUT2D eigenvalue weighted by Crippen LogP contribution is -2.36. The van der Waals surface area contributed by atoms with E-state index in [4.69, 9.17) is 5.10 Å². The van der Waals surface area contributed by atoms with Crippen molar-refractivity contribution >= 4 is 23.2 Å². The fraction of sp³-hybridized carbons (Fsp3) is 0.296. The second-order valence-electron chi connectivity index (χ2n) is 9.06. The number of nitrogens with zero attached hydrogens (tertiary/aromatic N) is 6. The van der Waals surface area contributed by atoms with Gasteiger partial charge in [0.2, 0.25) is 5.91 Å². The Morgan fingerprint density at radius 1 is 1.06 bits per heavy atom. The molecule has 0 aliphatic heterocycles. The third kappa shape index (κ3) is 4.46. The molecule has 1 aliphatic carbocycles. The number of aromatic nitrogens is 4. The molecule has 1 fully saturated rings. The Morgan fingerprint density at radius 3 is 2.53 bits per heavy atom. The van der Waals surface area contributed by atoms with Crippen LogP contribution in [0.5, 0.6) is 0 Å². The second-order valence-corrected chi connectivity index (χ2v) is 10.1. The van der Waals surface area contributed by atoms with Gasteiger partial charge in [0.1, 0.15) is 12.1 Å². The first-order valence-corrected chi connectivity index (χ1v) is 12.7. The minimum Gasteiger partial charge on any atom is -0.354 e. The highest BCUT2D eigenvalue weighted by atomic mass is 32.2. The number of pyridine rings is 1. The topological polar surface area (TPSA) is 112 Å². The molecule has 0 spiro atoms. The maximum atomic E-state index is 11.4. The van der Waals surface area contributed by atoms with E-state index in [1.165, 1.54) is 11.8 Å². The van der Waals surface area contributed by atoms with Crippen LogP contribution in [0.3, 0.4) is 0 Å². The zero-order valence-electron chi connectivity index (χ0n) is 20.1. The molecule has 0 unspecified atom stereocenters. The Morgan fingerprint density at radius 2 is 1.81 bits per heavy atom. The Bertz CT molecular complexity index is 1530. The van der Waals surface area contributed by atoms with Crippen LogP contribution in [0.4, 0.5) is 0 Å². The third-order valence-electron chi connectivity index (χ3n) is 6.73. The Labute approximate surface area is 213 Å². The molecule has 1 aromatic carbocycles. The van der Waals surface area contributed by atoms with Gasteiger partial charge in [-0.2, -0.15) is 20.7 Å². The van der Waals surface area contributed by atoms with Crippen LogP contribution in [-0.2, 0) is 4.79 Å². The molecule has 0 atom stereocenters. The van der Waals surface area contributed by atoms with E-state index in [-0.39, 0.29) is 11.9 Å². The summed E-state index contributed by atoms with van der Waals surface area (Å²) in [7, 11) is 0. The van der Waals surface area contributed by atoms with Crippen LogP contribution in [-0.4, -0.2) is 31.3 Å². The molecule has 1 aliphatic rings. The molecular weight excluding hydrogens is 470 g/mol. The van der Waals surface area contributed by atoms with Crippen molar-refractivity contribution < 1.29 is 4.79 Å². The first-order chi connectivity index (χ1) is 17.5. The fourth-order valence-corrected chi connectivity index (χ4v) is 6.08. The Balaban J connectivity index is 1.50. The monoisotopic (exact) mass is 495 g/mol. The maximum absolute atomic E-state index is 11.4. The molecule has 8 nitrogen and oxygen atoms in total. The number of hydrogen-bond donors (Lipinski definition) is 1. The van der Waals surface area contributed by atoms with Crippen molar-refractivity contribution in [1.82, 2.24) is 24.7 Å². The van der Waals surface area contributed by atoms with Gasteiger partial charge >= 0.3 is 0 Å². The van der Waals surface area contributed by atoms with Gasteiger partial charge in [-0.3, -0.25) is 9.48 Å². The number of rotatable bonds is 5. The van der Waals surface area contributed by atoms with E-state index in [2.05, 4.69) is 40.2 Å². The summed E-state index contributed by atoms with van der Waals surface area (Å²) in [6.07, 6.45) is 9.19. The molecule has 1 saturated carbocycles. The van der Waals surface area contributed by atoms with Gasteiger partial charge in [-0.1, -0.05) is 23.9 Å².